The summed E-state index contributed by atoms with van der Waals surface area (Å²) in [5.74, 6) is 0.748. The molecule has 17 heavy (non-hydrogen) atoms. The number of nitrogens with two attached hydrogens (primary N) is 1. The van der Waals surface area contributed by atoms with Gasteiger partial charge in [-0.25, -0.2) is 9.97 Å². The molecule has 1 aromatic rings. The predicted octanol–water partition coefficient (Wildman–Crippen LogP) is 0.717. The van der Waals surface area contributed by atoms with Gasteiger partial charge in [0.2, 0.25) is 0 Å². The number of hydrogen-bond acceptors (Lipinski definition) is 5. The molecule has 0 aliphatic carbocycles. The fourth-order valence-electron chi connectivity index (χ4n) is 1.98. The van der Waals surface area contributed by atoms with Gasteiger partial charge in [0.05, 0.1) is 12.3 Å². The van der Waals surface area contributed by atoms with E-state index in [4.69, 9.17) is 10.5 Å². The summed E-state index contributed by atoms with van der Waals surface area (Å²) in [7, 11) is 0. The van der Waals surface area contributed by atoms with Crippen LogP contribution in [0, 0.1) is 0 Å². The second-order valence-electron chi connectivity index (χ2n) is 4.56. The van der Waals surface area contributed by atoms with Crippen molar-refractivity contribution < 1.29 is 4.74 Å². The number of rotatable bonds is 3. The van der Waals surface area contributed by atoms with Gasteiger partial charge in [0.1, 0.15) is 6.10 Å². The molecule has 1 unspecified atom stereocenters. The van der Waals surface area contributed by atoms with E-state index in [1.54, 1.807) is 6.20 Å². The van der Waals surface area contributed by atoms with E-state index in [-0.39, 0.29) is 6.10 Å². The van der Waals surface area contributed by atoms with E-state index in [1.165, 1.54) is 0 Å². The average Bonchev–Trinajstić information content (AvgIpc) is 2.39. The zero-order chi connectivity index (χ0) is 12.3. The van der Waals surface area contributed by atoms with Crippen molar-refractivity contribution in [2.45, 2.75) is 32.5 Å². The van der Waals surface area contributed by atoms with Gasteiger partial charge < -0.3 is 10.5 Å². The first-order chi connectivity index (χ1) is 8.20. The van der Waals surface area contributed by atoms with E-state index >= 15 is 0 Å². The summed E-state index contributed by atoms with van der Waals surface area (Å²) in [5.41, 5.74) is 6.44. The zero-order valence-electron chi connectivity index (χ0n) is 10.5. The number of ether oxygens (including phenoxy) is 1. The van der Waals surface area contributed by atoms with E-state index in [0.29, 0.717) is 12.6 Å². The third kappa shape index (κ3) is 3.00. The lowest BCUT2D eigenvalue weighted by Crippen LogP contribution is -2.42. The van der Waals surface area contributed by atoms with E-state index in [0.717, 1.165) is 31.2 Å². The van der Waals surface area contributed by atoms with E-state index < -0.39 is 0 Å². The average molecular weight is 236 g/mol. The maximum atomic E-state index is 5.74. The van der Waals surface area contributed by atoms with Crippen molar-refractivity contribution in [2.24, 2.45) is 5.73 Å². The van der Waals surface area contributed by atoms with E-state index in [1.807, 2.05) is 6.07 Å². The van der Waals surface area contributed by atoms with Crippen LogP contribution >= 0.6 is 0 Å². The summed E-state index contributed by atoms with van der Waals surface area (Å²) in [4.78, 5) is 11.1. The molecule has 1 saturated heterocycles. The van der Waals surface area contributed by atoms with Crippen LogP contribution in [0.4, 0.5) is 0 Å². The molecule has 1 aliphatic heterocycles. The lowest BCUT2D eigenvalue weighted by Gasteiger charge is -2.34. The first-order valence-corrected chi connectivity index (χ1v) is 6.08. The summed E-state index contributed by atoms with van der Waals surface area (Å²) >= 11 is 0. The van der Waals surface area contributed by atoms with Crippen molar-refractivity contribution in [1.29, 1.82) is 0 Å². The Morgan fingerprint density at radius 2 is 2.41 bits per heavy atom. The monoisotopic (exact) mass is 236 g/mol. The number of nitrogens with zero attached hydrogens (tertiary/aromatic N) is 3. The molecule has 1 fully saturated rings. The summed E-state index contributed by atoms with van der Waals surface area (Å²) in [6.07, 6.45) is 1.72. The molecule has 0 amide bonds. The quantitative estimate of drug-likeness (QED) is 0.837. The van der Waals surface area contributed by atoms with Crippen LogP contribution in [0.2, 0.25) is 0 Å². The van der Waals surface area contributed by atoms with Gasteiger partial charge in [0, 0.05) is 31.9 Å². The Kier molecular flexibility index (Phi) is 4.04. The lowest BCUT2D eigenvalue weighted by molar-refractivity contribution is -0.0443. The van der Waals surface area contributed by atoms with Gasteiger partial charge in [-0.15, -0.1) is 0 Å². The third-order valence-electron chi connectivity index (χ3n) is 3.06. The maximum absolute atomic E-state index is 5.74. The predicted molar refractivity (Wildman–Crippen MR) is 65.3 cm³/mol. The van der Waals surface area contributed by atoms with Crippen molar-refractivity contribution in [3.63, 3.8) is 0 Å². The van der Waals surface area contributed by atoms with E-state index in [2.05, 4.69) is 28.7 Å². The summed E-state index contributed by atoms with van der Waals surface area (Å²) < 4.78 is 5.74. The van der Waals surface area contributed by atoms with Crippen molar-refractivity contribution in [1.82, 2.24) is 14.9 Å². The highest BCUT2D eigenvalue weighted by atomic mass is 16.5. The van der Waals surface area contributed by atoms with Gasteiger partial charge in [-0.3, -0.25) is 4.90 Å². The fourth-order valence-corrected chi connectivity index (χ4v) is 1.98. The van der Waals surface area contributed by atoms with Crippen LogP contribution in [0.3, 0.4) is 0 Å². The molecule has 0 bridgehead atoms. The molecule has 5 heteroatoms. The molecule has 1 atom stereocenters. The van der Waals surface area contributed by atoms with Crippen LogP contribution in [0.25, 0.3) is 0 Å². The van der Waals surface area contributed by atoms with Crippen LogP contribution in [0.1, 0.15) is 31.5 Å². The molecule has 0 aromatic carbocycles. The highest BCUT2D eigenvalue weighted by molar-refractivity contribution is 5.04. The molecule has 2 N–H and O–H groups in total. The van der Waals surface area contributed by atoms with Crippen LogP contribution in [-0.4, -0.2) is 40.6 Å². The van der Waals surface area contributed by atoms with Crippen molar-refractivity contribution in [3.05, 3.63) is 23.8 Å². The molecular weight excluding hydrogens is 216 g/mol. The number of morpholine rings is 1. The van der Waals surface area contributed by atoms with Crippen LogP contribution < -0.4 is 5.73 Å². The van der Waals surface area contributed by atoms with Gasteiger partial charge in [-0.2, -0.15) is 0 Å². The SMILES string of the molecule is CC(C)N1CCOC(c2nccc(CN)n2)C1. The summed E-state index contributed by atoms with van der Waals surface area (Å²) in [6.45, 7) is 7.39. The summed E-state index contributed by atoms with van der Waals surface area (Å²) in [5, 5.41) is 0. The minimum Gasteiger partial charge on any atom is -0.368 e. The Morgan fingerprint density at radius 3 is 3.12 bits per heavy atom. The highest BCUT2D eigenvalue weighted by Crippen LogP contribution is 2.20. The van der Waals surface area contributed by atoms with Crippen molar-refractivity contribution >= 4 is 0 Å². The number of aromatic nitrogens is 2. The van der Waals surface area contributed by atoms with Crippen molar-refractivity contribution in [2.75, 3.05) is 19.7 Å². The third-order valence-corrected chi connectivity index (χ3v) is 3.06. The molecule has 1 aliphatic rings. The van der Waals surface area contributed by atoms with Gasteiger partial charge in [-0.1, -0.05) is 0 Å². The highest BCUT2D eigenvalue weighted by Gasteiger charge is 2.25. The molecule has 0 spiro atoms. The maximum Gasteiger partial charge on any atom is 0.158 e. The van der Waals surface area contributed by atoms with Gasteiger partial charge in [0.15, 0.2) is 5.82 Å². The fraction of sp³-hybridized carbons (Fsp3) is 0.667. The van der Waals surface area contributed by atoms with E-state index in [9.17, 15) is 0 Å². The largest absolute Gasteiger partial charge is 0.368 e. The zero-order valence-corrected chi connectivity index (χ0v) is 10.5. The Hall–Kier alpha value is -1.04. The molecule has 2 heterocycles. The minimum atomic E-state index is -0.0300. The Labute approximate surface area is 102 Å². The molecule has 94 valence electrons. The summed E-state index contributed by atoms with van der Waals surface area (Å²) in [6, 6.07) is 2.37. The van der Waals surface area contributed by atoms with Crippen molar-refractivity contribution in [3.8, 4) is 0 Å². The lowest BCUT2D eigenvalue weighted by atomic mass is 10.2. The van der Waals surface area contributed by atoms with Crippen LogP contribution in [0.5, 0.6) is 0 Å². The normalized spacial score (nSPS) is 22.0. The molecule has 0 saturated carbocycles. The first-order valence-electron chi connectivity index (χ1n) is 6.08. The molecule has 1 aromatic heterocycles. The van der Waals surface area contributed by atoms with Gasteiger partial charge >= 0.3 is 0 Å². The van der Waals surface area contributed by atoms with Crippen LogP contribution in [-0.2, 0) is 11.3 Å². The first kappa shape index (κ1) is 12.4. The topological polar surface area (TPSA) is 64.3 Å². The Balaban J connectivity index is 2.10. The number of hydrogen-bond donors (Lipinski definition) is 1. The molecular formula is C12H20N4O. The molecule has 5 nitrogen and oxygen atoms in total. The van der Waals surface area contributed by atoms with Gasteiger partial charge in [0.25, 0.3) is 0 Å². The van der Waals surface area contributed by atoms with Crippen LogP contribution in [0.15, 0.2) is 12.3 Å². The minimum absolute atomic E-state index is 0.0300. The Bertz CT molecular complexity index is 369. The standard InChI is InChI=1S/C12H20N4O/c1-9(2)16-5-6-17-11(8-16)12-14-4-3-10(7-13)15-12/h3-4,9,11H,5-8,13H2,1-2H3. The Morgan fingerprint density at radius 1 is 1.59 bits per heavy atom. The smallest absolute Gasteiger partial charge is 0.158 e. The second kappa shape index (κ2) is 5.53. The second-order valence-corrected chi connectivity index (χ2v) is 4.56. The molecule has 2 rings (SSSR count). The molecule has 0 radical (unpaired) electrons. The van der Waals surface area contributed by atoms with Gasteiger partial charge in [-0.05, 0) is 19.9 Å².